The van der Waals surface area contributed by atoms with Crippen LogP contribution in [-0.2, 0) is 21.7 Å². The summed E-state index contributed by atoms with van der Waals surface area (Å²) in [7, 11) is 1.55. The number of imide groups is 1. The fourth-order valence-corrected chi connectivity index (χ4v) is 6.82. The van der Waals surface area contributed by atoms with Crippen LogP contribution in [0.3, 0.4) is 0 Å². The van der Waals surface area contributed by atoms with E-state index < -0.39 is 17.2 Å². The van der Waals surface area contributed by atoms with Crippen molar-refractivity contribution in [3.8, 4) is 0 Å². The second kappa shape index (κ2) is 8.55. The maximum Gasteiger partial charge on any atom is 0.327 e. The molecule has 2 saturated heterocycles. The molecule has 1 aromatic heterocycles. The molecule has 0 spiro atoms. The monoisotopic (exact) mass is 515 g/mol. The zero-order chi connectivity index (χ0) is 26.8. The normalized spacial score (nSPS) is 22.3. The molecule has 0 unspecified atom stereocenters. The van der Waals surface area contributed by atoms with Crippen molar-refractivity contribution in [3.05, 3.63) is 120 Å². The second-order valence-corrected chi connectivity index (χ2v) is 10.6. The van der Waals surface area contributed by atoms with Gasteiger partial charge in [0.25, 0.3) is 5.91 Å². The minimum Gasteiger partial charge on any atom is -0.345 e. The average Bonchev–Trinajstić information content (AvgIpc) is 3.30. The molecule has 6 heteroatoms. The van der Waals surface area contributed by atoms with E-state index in [0.29, 0.717) is 13.1 Å². The maximum atomic E-state index is 13.9. The Hall–Kier alpha value is -4.42. The molecular weight excluding hydrogens is 486 g/mol. The van der Waals surface area contributed by atoms with E-state index in [-0.39, 0.29) is 11.9 Å². The first kappa shape index (κ1) is 23.7. The predicted octanol–water partition coefficient (Wildman–Crippen LogP) is 5.79. The van der Waals surface area contributed by atoms with Crippen LogP contribution in [0.5, 0.6) is 0 Å². The number of hydrogen-bond acceptors (Lipinski definition) is 3. The first-order valence-corrected chi connectivity index (χ1v) is 13.3. The first-order chi connectivity index (χ1) is 19.0. The van der Waals surface area contributed by atoms with E-state index in [2.05, 4.69) is 41.0 Å². The van der Waals surface area contributed by atoms with E-state index in [4.69, 9.17) is 4.74 Å². The topological polar surface area (TPSA) is 54.8 Å². The zero-order valence-electron chi connectivity index (χ0n) is 22.0. The Kier molecular flexibility index (Phi) is 5.19. The van der Waals surface area contributed by atoms with Gasteiger partial charge in [0.15, 0.2) is 5.60 Å². The summed E-state index contributed by atoms with van der Waals surface area (Å²) in [6.07, 6.45) is 0. The van der Waals surface area contributed by atoms with Gasteiger partial charge in [-0.2, -0.15) is 0 Å². The molecule has 2 atom stereocenters. The van der Waals surface area contributed by atoms with Crippen LogP contribution in [0.15, 0.2) is 109 Å². The lowest BCUT2D eigenvalue weighted by Gasteiger charge is -2.66. The van der Waals surface area contributed by atoms with Gasteiger partial charge in [-0.05, 0) is 30.2 Å². The lowest BCUT2D eigenvalue weighted by molar-refractivity contribution is -0.298. The number of amides is 3. The largest absolute Gasteiger partial charge is 0.345 e. The molecular formula is C33H29N3O3. The number of para-hydroxylation sites is 2. The summed E-state index contributed by atoms with van der Waals surface area (Å²) >= 11 is 0. The fourth-order valence-electron chi connectivity index (χ4n) is 6.82. The summed E-state index contributed by atoms with van der Waals surface area (Å²) < 4.78 is 9.01. The van der Waals surface area contributed by atoms with Gasteiger partial charge in [-0.15, -0.1) is 0 Å². The minimum atomic E-state index is -1.17. The van der Waals surface area contributed by atoms with Gasteiger partial charge in [-0.25, -0.2) is 4.79 Å². The van der Waals surface area contributed by atoms with Gasteiger partial charge < -0.3 is 14.2 Å². The molecule has 2 aliphatic rings. The van der Waals surface area contributed by atoms with Gasteiger partial charge in [0.05, 0.1) is 0 Å². The van der Waals surface area contributed by atoms with E-state index in [1.165, 1.54) is 15.7 Å². The van der Waals surface area contributed by atoms with Gasteiger partial charge in [0.2, 0.25) is 0 Å². The van der Waals surface area contributed by atoms with Gasteiger partial charge in [0, 0.05) is 41.9 Å². The number of fused-ring (bicyclic) bond motifs is 4. The Labute approximate surface area is 227 Å². The van der Waals surface area contributed by atoms with Crippen molar-refractivity contribution >= 4 is 33.7 Å². The number of aromatic nitrogens is 1. The Morgan fingerprint density at radius 1 is 0.692 bits per heavy atom. The number of nitrogens with zero attached hydrogens (tertiary/aromatic N) is 3. The maximum absolute atomic E-state index is 13.9. The summed E-state index contributed by atoms with van der Waals surface area (Å²) in [5, 5.41) is 2.37. The molecule has 0 saturated carbocycles. The van der Waals surface area contributed by atoms with Crippen molar-refractivity contribution in [2.75, 3.05) is 13.6 Å². The quantitative estimate of drug-likeness (QED) is 0.298. The molecule has 0 N–H and O–H groups in total. The molecule has 3 heterocycles. The van der Waals surface area contributed by atoms with Crippen molar-refractivity contribution in [2.45, 2.75) is 30.7 Å². The molecule has 0 radical (unpaired) electrons. The highest BCUT2D eigenvalue weighted by Gasteiger charge is 2.73. The van der Waals surface area contributed by atoms with E-state index in [9.17, 15) is 9.59 Å². The number of ether oxygens (including phenoxy) is 1. The summed E-state index contributed by atoms with van der Waals surface area (Å²) in [6.45, 7) is 2.82. The third kappa shape index (κ3) is 3.18. The molecule has 2 aliphatic heterocycles. The van der Waals surface area contributed by atoms with Crippen molar-refractivity contribution in [2.24, 2.45) is 0 Å². The summed E-state index contributed by atoms with van der Waals surface area (Å²) in [6, 6.07) is 35.8. The predicted molar refractivity (Wildman–Crippen MR) is 151 cm³/mol. The lowest BCUT2D eigenvalue weighted by atomic mass is 9.65. The number of hydrogen-bond donors (Lipinski definition) is 0. The number of likely N-dealkylation sites (N-methyl/N-ethyl adjacent to an activating group) is 1. The van der Waals surface area contributed by atoms with Gasteiger partial charge in [-0.3, -0.25) is 9.69 Å². The zero-order valence-corrected chi connectivity index (χ0v) is 22.0. The van der Waals surface area contributed by atoms with Crippen molar-refractivity contribution in [3.63, 3.8) is 0 Å². The minimum absolute atomic E-state index is 0.303. The van der Waals surface area contributed by atoms with Crippen LogP contribution < -0.4 is 0 Å². The highest BCUT2D eigenvalue weighted by molar-refractivity contribution is 6.08. The number of benzene rings is 4. The summed E-state index contributed by atoms with van der Waals surface area (Å²) in [4.78, 5) is 30.5. The van der Waals surface area contributed by atoms with Gasteiger partial charge in [0.1, 0.15) is 11.6 Å². The van der Waals surface area contributed by atoms with E-state index in [1.54, 1.807) is 7.05 Å². The summed E-state index contributed by atoms with van der Waals surface area (Å²) in [5.41, 5.74) is 1.95. The Bertz CT molecular complexity index is 1640. The van der Waals surface area contributed by atoms with Crippen LogP contribution in [0, 0.1) is 0 Å². The van der Waals surface area contributed by atoms with Crippen molar-refractivity contribution < 1.29 is 14.3 Å². The van der Waals surface area contributed by atoms with Crippen LogP contribution >= 0.6 is 0 Å². The van der Waals surface area contributed by atoms with Crippen LogP contribution in [0.1, 0.15) is 18.1 Å². The molecule has 4 aromatic carbocycles. The highest BCUT2D eigenvalue weighted by atomic mass is 16.6. The van der Waals surface area contributed by atoms with Crippen molar-refractivity contribution in [1.82, 2.24) is 14.4 Å². The van der Waals surface area contributed by atoms with Crippen LogP contribution in [0.4, 0.5) is 4.79 Å². The number of urea groups is 1. The Morgan fingerprint density at radius 2 is 1.18 bits per heavy atom. The highest BCUT2D eigenvalue weighted by Crippen LogP contribution is 2.57. The molecule has 0 bridgehead atoms. The molecule has 3 amide bonds. The van der Waals surface area contributed by atoms with Crippen LogP contribution in [-0.4, -0.2) is 51.5 Å². The summed E-state index contributed by atoms with van der Waals surface area (Å²) in [5.74, 6) is -0.312. The van der Waals surface area contributed by atoms with Crippen LogP contribution in [0.25, 0.3) is 21.8 Å². The smallest absolute Gasteiger partial charge is 0.327 e. The first-order valence-electron chi connectivity index (χ1n) is 13.3. The number of rotatable bonds is 5. The Morgan fingerprint density at radius 3 is 1.72 bits per heavy atom. The van der Waals surface area contributed by atoms with Gasteiger partial charge >= 0.3 is 6.03 Å². The standard InChI is InChI=1S/C33H29N3O3/c1-32-29(33(39-32,23-13-5-3-6-14-23)24-15-7-4-8-16-24)36(31(38)34(2)30(32)37)22-21-35-27-19-11-9-17-25(27)26-18-10-12-20-28(26)35/h3-20,29H,21-22H2,1-2H3/t29-,32-/m1/s1. The Balaban J connectivity index is 1.36. The lowest BCUT2D eigenvalue weighted by Crippen LogP contribution is -2.84. The van der Waals surface area contributed by atoms with E-state index in [1.807, 2.05) is 84.6 Å². The molecule has 6 nitrogen and oxygen atoms in total. The number of carbonyl (C=O) groups is 2. The molecule has 194 valence electrons. The second-order valence-electron chi connectivity index (χ2n) is 10.6. The molecule has 2 fully saturated rings. The SMILES string of the molecule is CN1C(=O)N(CCn2c3ccccc3c3ccccc32)[C@H]2C(c3ccccc3)(c3ccccc3)O[C@@]2(C)C1=O. The molecule has 5 aromatic rings. The third-order valence-corrected chi connectivity index (χ3v) is 8.50. The molecule has 0 aliphatic carbocycles. The average molecular weight is 516 g/mol. The van der Waals surface area contributed by atoms with Crippen molar-refractivity contribution in [1.29, 1.82) is 0 Å². The molecule has 39 heavy (non-hydrogen) atoms. The third-order valence-electron chi connectivity index (χ3n) is 8.50. The fraction of sp³-hybridized carbons (Fsp3) is 0.212. The van der Waals surface area contributed by atoms with E-state index >= 15 is 0 Å². The molecule has 7 rings (SSSR count). The van der Waals surface area contributed by atoms with Crippen LogP contribution in [0.2, 0.25) is 0 Å². The van der Waals surface area contributed by atoms with E-state index in [0.717, 1.165) is 22.2 Å². The number of carbonyl (C=O) groups excluding carboxylic acids is 2. The van der Waals surface area contributed by atoms with Gasteiger partial charge in [-0.1, -0.05) is 97.1 Å².